The Bertz CT molecular complexity index is 381. The summed E-state index contributed by atoms with van der Waals surface area (Å²) >= 11 is 0. The van der Waals surface area contributed by atoms with Crippen LogP contribution >= 0.6 is 0 Å². The largest absolute Gasteiger partial charge is 0.380 e. The highest BCUT2D eigenvalue weighted by Crippen LogP contribution is 2.41. The monoisotopic (exact) mass is 268 g/mol. The molecule has 5 heteroatoms. The molecule has 0 aromatic carbocycles. The summed E-state index contributed by atoms with van der Waals surface area (Å²) < 4.78 is 5.26. The zero-order chi connectivity index (χ0) is 14.2. The van der Waals surface area contributed by atoms with Crippen LogP contribution in [0.5, 0.6) is 0 Å². The van der Waals surface area contributed by atoms with Gasteiger partial charge in [-0.1, -0.05) is 0 Å². The number of carbonyl (C=O) groups excluding carboxylic acids is 2. The maximum absolute atomic E-state index is 12.8. The fraction of sp³-hybridized carbons (Fsp3) is 0.857. The molecular formula is C14H24N2O3. The molecule has 0 aromatic rings. The predicted molar refractivity (Wildman–Crippen MR) is 71.5 cm³/mol. The van der Waals surface area contributed by atoms with Crippen molar-refractivity contribution in [2.45, 2.75) is 57.7 Å². The normalized spacial score (nSPS) is 33.9. The third kappa shape index (κ3) is 2.76. The minimum atomic E-state index is -0.727. The summed E-state index contributed by atoms with van der Waals surface area (Å²) in [7, 11) is 1.64. The van der Waals surface area contributed by atoms with Gasteiger partial charge in [0.15, 0.2) is 0 Å². The molecule has 5 nitrogen and oxygen atoms in total. The predicted octanol–water partition coefficient (Wildman–Crippen LogP) is 0.927. The van der Waals surface area contributed by atoms with Crippen LogP contribution in [0, 0.1) is 5.92 Å². The van der Waals surface area contributed by atoms with Gasteiger partial charge in [0.2, 0.25) is 11.8 Å². The standard InChI is InChI=1S/C14H24N2O3/c1-9-7-12(17)15-14(3,11-5-6-11)13(18)16(9)8-10(2)19-4/h9-11H,5-8H2,1-4H3,(H,15,17). The number of hydrogen-bond donors (Lipinski definition) is 1. The Morgan fingerprint density at radius 1 is 1.47 bits per heavy atom. The molecule has 3 unspecified atom stereocenters. The summed E-state index contributed by atoms with van der Waals surface area (Å²) in [5.41, 5.74) is -0.727. The summed E-state index contributed by atoms with van der Waals surface area (Å²) in [6.45, 7) is 6.27. The van der Waals surface area contributed by atoms with Crippen LogP contribution in [0.25, 0.3) is 0 Å². The van der Waals surface area contributed by atoms with E-state index in [9.17, 15) is 9.59 Å². The van der Waals surface area contributed by atoms with Gasteiger partial charge in [-0.05, 0) is 39.5 Å². The van der Waals surface area contributed by atoms with Crippen LogP contribution in [0.15, 0.2) is 0 Å². The van der Waals surface area contributed by atoms with Crippen LogP contribution in [0.3, 0.4) is 0 Å². The van der Waals surface area contributed by atoms with E-state index >= 15 is 0 Å². The van der Waals surface area contributed by atoms with Gasteiger partial charge < -0.3 is 15.0 Å². The highest BCUT2D eigenvalue weighted by molar-refractivity contribution is 5.94. The molecule has 0 spiro atoms. The van der Waals surface area contributed by atoms with Gasteiger partial charge >= 0.3 is 0 Å². The molecule has 2 aliphatic rings. The number of rotatable bonds is 4. The van der Waals surface area contributed by atoms with Gasteiger partial charge in [0.05, 0.1) is 6.10 Å². The van der Waals surface area contributed by atoms with E-state index in [-0.39, 0.29) is 29.9 Å². The Balaban J connectivity index is 2.24. The Morgan fingerprint density at radius 2 is 2.11 bits per heavy atom. The summed E-state index contributed by atoms with van der Waals surface area (Å²) in [6, 6.07) is -0.0781. The van der Waals surface area contributed by atoms with E-state index in [1.165, 1.54) is 0 Å². The molecule has 1 heterocycles. The van der Waals surface area contributed by atoms with E-state index in [4.69, 9.17) is 4.74 Å². The number of carbonyl (C=O) groups is 2. The molecule has 2 amide bonds. The maximum Gasteiger partial charge on any atom is 0.248 e. The lowest BCUT2D eigenvalue weighted by molar-refractivity contribution is -0.141. The maximum atomic E-state index is 12.8. The van der Waals surface area contributed by atoms with Crippen molar-refractivity contribution in [3.05, 3.63) is 0 Å². The van der Waals surface area contributed by atoms with Gasteiger partial charge in [0, 0.05) is 26.1 Å². The average Bonchev–Trinajstić information content (AvgIpc) is 3.17. The molecule has 19 heavy (non-hydrogen) atoms. The highest BCUT2D eigenvalue weighted by Gasteiger charge is 2.52. The number of amides is 2. The lowest BCUT2D eigenvalue weighted by Gasteiger charge is -2.35. The Kier molecular flexibility index (Phi) is 3.85. The Labute approximate surface area is 114 Å². The third-order valence-electron chi connectivity index (χ3n) is 4.37. The first-order valence-corrected chi connectivity index (χ1v) is 7.03. The molecule has 0 bridgehead atoms. The van der Waals surface area contributed by atoms with Gasteiger partial charge in [0.1, 0.15) is 5.54 Å². The molecule has 1 N–H and O–H groups in total. The molecule has 2 rings (SSSR count). The van der Waals surface area contributed by atoms with Crippen molar-refractivity contribution >= 4 is 11.8 Å². The van der Waals surface area contributed by atoms with E-state index < -0.39 is 5.54 Å². The van der Waals surface area contributed by atoms with E-state index in [1.807, 2.05) is 25.7 Å². The zero-order valence-electron chi connectivity index (χ0n) is 12.2. The van der Waals surface area contributed by atoms with Crippen LogP contribution in [0.2, 0.25) is 0 Å². The van der Waals surface area contributed by atoms with E-state index in [1.54, 1.807) is 7.11 Å². The minimum absolute atomic E-state index is 0.0249. The molecule has 1 saturated heterocycles. The van der Waals surface area contributed by atoms with E-state index in [2.05, 4.69) is 5.32 Å². The first-order chi connectivity index (χ1) is 8.88. The van der Waals surface area contributed by atoms with Gasteiger partial charge in [-0.25, -0.2) is 0 Å². The Morgan fingerprint density at radius 3 is 2.63 bits per heavy atom. The second kappa shape index (κ2) is 5.12. The molecule has 0 radical (unpaired) electrons. The molecule has 0 aromatic heterocycles. The fourth-order valence-electron chi connectivity index (χ4n) is 2.82. The lowest BCUT2D eigenvalue weighted by Crippen LogP contribution is -2.58. The third-order valence-corrected chi connectivity index (χ3v) is 4.37. The first kappa shape index (κ1) is 14.3. The van der Waals surface area contributed by atoms with E-state index in [0.29, 0.717) is 13.0 Å². The second-order valence-electron chi connectivity index (χ2n) is 6.08. The van der Waals surface area contributed by atoms with E-state index in [0.717, 1.165) is 12.8 Å². The molecule has 1 saturated carbocycles. The fourth-order valence-corrected chi connectivity index (χ4v) is 2.82. The van der Waals surface area contributed by atoms with Crippen molar-refractivity contribution < 1.29 is 14.3 Å². The average molecular weight is 268 g/mol. The molecule has 1 aliphatic carbocycles. The summed E-state index contributed by atoms with van der Waals surface area (Å²) in [5.74, 6) is 0.301. The minimum Gasteiger partial charge on any atom is -0.380 e. The number of methoxy groups -OCH3 is 1. The van der Waals surface area contributed by atoms with Crippen LogP contribution in [0.1, 0.15) is 40.0 Å². The molecular weight excluding hydrogens is 244 g/mol. The van der Waals surface area contributed by atoms with Crippen molar-refractivity contribution in [2.24, 2.45) is 5.92 Å². The SMILES string of the molecule is COC(C)CN1C(=O)C(C)(C2CC2)NC(=O)CC1C. The number of nitrogens with one attached hydrogen (secondary N) is 1. The van der Waals surface area contributed by atoms with Gasteiger partial charge in [-0.15, -0.1) is 0 Å². The number of nitrogens with zero attached hydrogens (tertiary/aromatic N) is 1. The van der Waals surface area contributed by atoms with Crippen molar-refractivity contribution in [3.63, 3.8) is 0 Å². The molecule has 2 fully saturated rings. The smallest absolute Gasteiger partial charge is 0.248 e. The van der Waals surface area contributed by atoms with Crippen LogP contribution in [0.4, 0.5) is 0 Å². The van der Waals surface area contributed by atoms with Crippen LogP contribution in [-0.4, -0.2) is 48.1 Å². The number of ether oxygens (including phenoxy) is 1. The van der Waals surface area contributed by atoms with Crippen molar-refractivity contribution in [2.75, 3.05) is 13.7 Å². The summed E-state index contributed by atoms with van der Waals surface area (Å²) in [4.78, 5) is 26.6. The van der Waals surface area contributed by atoms with Gasteiger partial charge in [-0.3, -0.25) is 9.59 Å². The molecule has 1 aliphatic heterocycles. The van der Waals surface area contributed by atoms with Crippen molar-refractivity contribution in [1.82, 2.24) is 10.2 Å². The first-order valence-electron chi connectivity index (χ1n) is 7.03. The Hall–Kier alpha value is -1.10. The summed E-state index contributed by atoms with van der Waals surface area (Å²) in [6.07, 6.45) is 2.38. The summed E-state index contributed by atoms with van der Waals surface area (Å²) in [5, 5.41) is 2.95. The van der Waals surface area contributed by atoms with Crippen LogP contribution in [-0.2, 0) is 14.3 Å². The van der Waals surface area contributed by atoms with Crippen LogP contribution < -0.4 is 5.32 Å². The molecule has 108 valence electrons. The second-order valence-corrected chi connectivity index (χ2v) is 6.08. The van der Waals surface area contributed by atoms with Gasteiger partial charge in [0.25, 0.3) is 0 Å². The zero-order valence-corrected chi connectivity index (χ0v) is 12.2. The van der Waals surface area contributed by atoms with Crippen molar-refractivity contribution in [1.29, 1.82) is 0 Å². The topological polar surface area (TPSA) is 58.6 Å². The van der Waals surface area contributed by atoms with Gasteiger partial charge in [-0.2, -0.15) is 0 Å². The highest BCUT2D eigenvalue weighted by atomic mass is 16.5. The molecule has 3 atom stereocenters. The lowest BCUT2D eigenvalue weighted by atomic mass is 9.94. The quantitative estimate of drug-likeness (QED) is 0.825. The van der Waals surface area contributed by atoms with Crippen molar-refractivity contribution in [3.8, 4) is 0 Å². The number of hydrogen-bond acceptors (Lipinski definition) is 3.